The number of esters is 1. The summed E-state index contributed by atoms with van der Waals surface area (Å²) in [6.45, 7) is 7.71. The molecular weight excluding hydrogens is 330 g/mol. The monoisotopic (exact) mass is 359 g/mol. The molecule has 0 spiro atoms. The molecule has 3 unspecified atom stereocenters. The third-order valence-electron chi connectivity index (χ3n) is 5.09. The van der Waals surface area contributed by atoms with E-state index in [-0.39, 0.29) is 11.8 Å². The third-order valence-corrected chi connectivity index (χ3v) is 5.09. The Labute approximate surface area is 149 Å². The van der Waals surface area contributed by atoms with Gasteiger partial charge in [-0.2, -0.15) is 0 Å². The van der Waals surface area contributed by atoms with Crippen molar-refractivity contribution in [1.29, 1.82) is 0 Å². The van der Waals surface area contributed by atoms with Crippen molar-refractivity contribution in [2.75, 3.05) is 6.38 Å². The topological polar surface area (TPSA) is 75.6 Å². The quantitative estimate of drug-likeness (QED) is 0.451. The summed E-state index contributed by atoms with van der Waals surface area (Å²) < 4.78 is 5.24. The van der Waals surface area contributed by atoms with Crippen molar-refractivity contribution in [1.82, 2.24) is 5.32 Å². The molecule has 2 heterocycles. The predicted molar refractivity (Wildman–Crippen MR) is 94.8 cm³/mol. The first-order valence-electron chi connectivity index (χ1n) is 8.63. The molecule has 5 atom stereocenters. The molecule has 0 aromatic carbocycles. The largest absolute Gasteiger partial charge is 0.453 e. The molecule has 3 aliphatic rings. The highest BCUT2D eigenvalue weighted by Gasteiger charge is 2.78. The van der Waals surface area contributed by atoms with Gasteiger partial charge in [0.25, 0.3) is 0 Å². The summed E-state index contributed by atoms with van der Waals surface area (Å²) in [5, 5.41) is 13.4. The Morgan fingerprint density at radius 1 is 1.42 bits per heavy atom. The van der Waals surface area contributed by atoms with Gasteiger partial charge in [0, 0.05) is 12.3 Å². The second-order valence-corrected chi connectivity index (χ2v) is 6.69. The summed E-state index contributed by atoms with van der Waals surface area (Å²) in [6.07, 6.45) is 8.58. The molecule has 0 bridgehead atoms. The molecule has 6 heteroatoms. The van der Waals surface area contributed by atoms with Gasteiger partial charge in [0.05, 0.1) is 12.0 Å². The van der Waals surface area contributed by atoms with E-state index >= 15 is 0 Å². The average Bonchev–Trinajstić information content (AvgIpc) is 2.75. The van der Waals surface area contributed by atoms with Crippen molar-refractivity contribution in [2.24, 2.45) is 11.8 Å². The summed E-state index contributed by atoms with van der Waals surface area (Å²) in [5.41, 5.74) is -2.21. The molecule has 2 aliphatic heterocycles. The number of alkyl halides is 1. The Balaban J connectivity index is 0.000000521. The highest BCUT2D eigenvalue weighted by atomic mass is 35.5. The number of allylic oxidation sites excluding steroid dienone is 1. The first-order valence-corrected chi connectivity index (χ1v) is 9.38. The number of halogens is 1. The van der Waals surface area contributed by atoms with E-state index in [1.807, 2.05) is 12.2 Å². The maximum absolute atomic E-state index is 12.0. The molecule has 24 heavy (non-hydrogen) atoms. The molecule has 0 aromatic heterocycles. The summed E-state index contributed by atoms with van der Waals surface area (Å²) >= 11 is 4.64. The lowest BCUT2D eigenvalue weighted by Gasteiger charge is -2.54. The molecule has 2 fully saturated rings. The maximum atomic E-state index is 12.0. The van der Waals surface area contributed by atoms with Crippen LogP contribution in [0.1, 0.15) is 53.4 Å². The van der Waals surface area contributed by atoms with Gasteiger partial charge in [0.1, 0.15) is 0 Å². The van der Waals surface area contributed by atoms with Crippen LogP contribution in [0.5, 0.6) is 0 Å². The fourth-order valence-electron chi connectivity index (χ4n) is 3.58. The van der Waals surface area contributed by atoms with E-state index in [2.05, 4.69) is 30.8 Å². The van der Waals surface area contributed by atoms with Gasteiger partial charge >= 0.3 is 5.97 Å². The van der Waals surface area contributed by atoms with Crippen LogP contribution < -0.4 is 5.32 Å². The van der Waals surface area contributed by atoms with Gasteiger partial charge < -0.3 is 15.2 Å². The van der Waals surface area contributed by atoms with E-state index in [4.69, 9.17) is 4.74 Å². The summed E-state index contributed by atoms with van der Waals surface area (Å²) in [7, 11) is 0. The SMILES string of the molecule is CC1C(=O)NC2([C@@H](O)C3C=CCCC3)C(=O)O[C@@]12C.CCC.CCl. The second kappa shape index (κ2) is 8.34. The zero-order valence-corrected chi connectivity index (χ0v) is 16.0. The number of fused-ring (bicyclic) bond motifs is 1. The van der Waals surface area contributed by atoms with Crippen molar-refractivity contribution in [3.63, 3.8) is 0 Å². The van der Waals surface area contributed by atoms with E-state index in [1.54, 1.807) is 13.8 Å². The average molecular weight is 360 g/mol. The molecule has 0 saturated carbocycles. The first kappa shape index (κ1) is 21.0. The number of ether oxygens (including phenoxy) is 1. The highest BCUT2D eigenvalue weighted by Crippen LogP contribution is 2.52. The normalized spacial score (nSPS) is 37.5. The van der Waals surface area contributed by atoms with Crippen molar-refractivity contribution in [2.45, 2.75) is 70.6 Å². The van der Waals surface area contributed by atoms with Crippen LogP contribution in [-0.4, -0.2) is 40.6 Å². The zero-order chi connectivity index (χ0) is 18.5. The van der Waals surface area contributed by atoms with Gasteiger partial charge in [0.2, 0.25) is 11.4 Å². The Kier molecular flexibility index (Phi) is 7.29. The van der Waals surface area contributed by atoms with Crippen molar-refractivity contribution < 1.29 is 19.4 Å². The van der Waals surface area contributed by atoms with Crippen LogP contribution in [0.25, 0.3) is 0 Å². The minimum atomic E-state index is -1.27. The number of rotatable bonds is 2. The third kappa shape index (κ3) is 3.08. The lowest BCUT2D eigenvalue weighted by molar-refractivity contribution is -0.237. The summed E-state index contributed by atoms with van der Waals surface area (Å²) in [4.78, 5) is 23.9. The molecule has 1 aliphatic carbocycles. The Morgan fingerprint density at radius 3 is 2.42 bits per heavy atom. The van der Waals surface area contributed by atoms with Crippen LogP contribution in [0.2, 0.25) is 0 Å². The van der Waals surface area contributed by atoms with Gasteiger partial charge in [-0.25, -0.2) is 4.79 Å². The smallest absolute Gasteiger partial charge is 0.339 e. The van der Waals surface area contributed by atoms with E-state index < -0.39 is 29.1 Å². The number of nitrogens with one attached hydrogen (secondary N) is 1. The van der Waals surface area contributed by atoms with Crippen LogP contribution in [0.4, 0.5) is 0 Å². The van der Waals surface area contributed by atoms with Crippen LogP contribution in [0.3, 0.4) is 0 Å². The molecule has 2 N–H and O–H groups in total. The van der Waals surface area contributed by atoms with E-state index in [0.29, 0.717) is 0 Å². The minimum absolute atomic E-state index is 0.105. The standard InChI is InChI=1S/C14H19NO4.C3H8.CH3Cl/c1-8-11(17)15-14(12(18)19-13(8,14)2)10(16)9-6-4-3-5-7-9;1-3-2;1-2/h4,6,8-10,16H,3,5,7H2,1-2H3,(H,15,17);3H2,1-2H3;1H3/t8?,9?,10-,13-,14?;;/m0../s1. The molecule has 0 radical (unpaired) electrons. The van der Waals surface area contributed by atoms with Gasteiger partial charge in [-0.05, 0) is 33.1 Å². The van der Waals surface area contributed by atoms with Crippen molar-refractivity contribution in [3.8, 4) is 0 Å². The van der Waals surface area contributed by atoms with Crippen LogP contribution in [0, 0.1) is 11.8 Å². The Morgan fingerprint density at radius 2 is 2.00 bits per heavy atom. The van der Waals surface area contributed by atoms with Crippen molar-refractivity contribution >= 4 is 23.5 Å². The minimum Gasteiger partial charge on any atom is -0.453 e. The predicted octanol–water partition coefficient (Wildman–Crippen LogP) is 2.80. The zero-order valence-electron chi connectivity index (χ0n) is 15.3. The van der Waals surface area contributed by atoms with E-state index in [9.17, 15) is 14.7 Å². The lowest BCUT2D eigenvalue weighted by atomic mass is 9.65. The molecular formula is C18H30ClNO4. The molecule has 3 rings (SSSR count). The van der Waals surface area contributed by atoms with Gasteiger partial charge in [-0.3, -0.25) is 4.79 Å². The molecule has 138 valence electrons. The van der Waals surface area contributed by atoms with E-state index in [0.717, 1.165) is 19.3 Å². The fourth-order valence-corrected chi connectivity index (χ4v) is 3.58. The molecule has 0 aromatic rings. The maximum Gasteiger partial charge on any atom is 0.339 e. The van der Waals surface area contributed by atoms with Crippen molar-refractivity contribution in [3.05, 3.63) is 12.2 Å². The number of hydrogen-bond donors (Lipinski definition) is 2. The summed E-state index contributed by atoms with van der Waals surface area (Å²) in [6, 6.07) is 0. The lowest BCUT2D eigenvalue weighted by Crippen LogP contribution is -2.79. The number of aliphatic hydroxyl groups is 1. The number of amides is 1. The van der Waals surface area contributed by atoms with Gasteiger partial charge in [0.15, 0.2) is 5.60 Å². The molecule has 2 saturated heterocycles. The van der Waals surface area contributed by atoms with E-state index in [1.165, 1.54) is 12.8 Å². The van der Waals surface area contributed by atoms with Crippen LogP contribution in [-0.2, 0) is 14.3 Å². The molecule has 1 amide bonds. The number of carbonyl (C=O) groups excluding carboxylic acids is 2. The van der Waals surface area contributed by atoms with Gasteiger partial charge in [-0.15, -0.1) is 11.6 Å². The number of carbonyl (C=O) groups is 2. The van der Waals surface area contributed by atoms with Crippen LogP contribution in [0.15, 0.2) is 12.2 Å². The number of hydrogen-bond acceptors (Lipinski definition) is 4. The Bertz CT molecular complexity index is 495. The molecule has 5 nitrogen and oxygen atoms in total. The number of aliphatic hydroxyl groups excluding tert-OH is 1. The van der Waals surface area contributed by atoms with Gasteiger partial charge in [-0.1, -0.05) is 32.4 Å². The fraction of sp³-hybridized carbons (Fsp3) is 0.778. The second-order valence-electron chi connectivity index (χ2n) is 6.69. The Hall–Kier alpha value is -1.07. The first-order chi connectivity index (χ1) is 11.3. The highest BCUT2D eigenvalue weighted by molar-refractivity contribution is 6.15. The van der Waals surface area contributed by atoms with Crippen LogP contribution >= 0.6 is 11.6 Å². The summed E-state index contributed by atoms with van der Waals surface area (Å²) in [5.74, 6) is -1.29.